The summed E-state index contributed by atoms with van der Waals surface area (Å²) >= 11 is 0. The van der Waals surface area contributed by atoms with E-state index in [1.807, 2.05) is 0 Å². The zero-order chi connectivity index (χ0) is 5.56. The summed E-state index contributed by atoms with van der Waals surface area (Å²) in [6.45, 7) is 0.939. The first-order valence-electron chi connectivity index (χ1n) is 3.27. The van der Waals surface area contributed by atoms with Crippen LogP contribution in [0.15, 0.2) is 0 Å². The summed E-state index contributed by atoms with van der Waals surface area (Å²) in [5, 5.41) is 0. The molecule has 0 aromatic carbocycles. The highest BCUT2D eigenvalue weighted by atomic mass is 16.5. The van der Waals surface area contributed by atoms with Crippen molar-refractivity contribution in [2.75, 3.05) is 6.61 Å². The van der Waals surface area contributed by atoms with Crippen LogP contribution in [0, 0.1) is 5.92 Å². The molecule has 2 rings (SSSR count). The van der Waals surface area contributed by atoms with E-state index in [9.17, 15) is 0 Å². The fourth-order valence-electron chi connectivity index (χ4n) is 1.50. The summed E-state index contributed by atoms with van der Waals surface area (Å²) in [7, 11) is 0. The fraction of sp³-hybridized carbons (Fsp3) is 1.00. The quantitative estimate of drug-likeness (QED) is 0.484. The van der Waals surface area contributed by atoms with Gasteiger partial charge in [0.05, 0.1) is 6.10 Å². The second-order valence-electron chi connectivity index (χ2n) is 2.72. The van der Waals surface area contributed by atoms with Crippen LogP contribution in [0.4, 0.5) is 0 Å². The van der Waals surface area contributed by atoms with Crippen molar-refractivity contribution in [3.63, 3.8) is 0 Å². The van der Waals surface area contributed by atoms with Crippen LogP contribution < -0.4 is 5.73 Å². The van der Waals surface area contributed by atoms with E-state index in [-0.39, 0.29) is 0 Å². The molecule has 0 aromatic rings. The topological polar surface area (TPSA) is 35.2 Å². The first-order valence-corrected chi connectivity index (χ1v) is 3.27. The van der Waals surface area contributed by atoms with Crippen LogP contribution in [0.5, 0.6) is 0 Å². The molecule has 2 heteroatoms. The molecule has 0 amide bonds. The average molecular weight is 113 g/mol. The van der Waals surface area contributed by atoms with Crippen molar-refractivity contribution < 1.29 is 4.74 Å². The van der Waals surface area contributed by atoms with Crippen LogP contribution >= 0.6 is 0 Å². The van der Waals surface area contributed by atoms with Gasteiger partial charge in [0.25, 0.3) is 0 Å². The number of rotatable bonds is 0. The second-order valence-corrected chi connectivity index (χ2v) is 2.72. The number of hydrogen-bond acceptors (Lipinski definition) is 2. The summed E-state index contributed by atoms with van der Waals surface area (Å²) in [6.07, 6.45) is 2.96. The third-order valence-electron chi connectivity index (χ3n) is 2.15. The van der Waals surface area contributed by atoms with Gasteiger partial charge in [-0.2, -0.15) is 0 Å². The van der Waals surface area contributed by atoms with Crippen molar-refractivity contribution in [3.8, 4) is 0 Å². The van der Waals surface area contributed by atoms with Crippen molar-refractivity contribution in [1.29, 1.82) is 0 Å². The monoisotopic (exact) mass is 113 g/mol. The van der Waals surface area contributed by atoms with Gasteiger partial charge in [0.2, 0.25) is 0 Å². The Bertz CT molecular complexity index is 92.7. The molecule has 2 aliphatic rings. The Hall–Kier alpha value is -0.0800. The lowest BCUT2D eigenvalue weighted by atomic mass is 10.2. The van der Waals surface area contributed by atoms with Crippen LogP contribution in [-0.2, 0) is 4.74 Å². The maximum Gasteiger partial charge on any atom is 0.0773 e. The highest BCUT2D eigenvalue weighted by Crippen LogP contribution is 2.39. The van der Waals surface area contributed by atoms with Crippen LogP contribution in [0.2, 0.25) is 0 Å². The van der Waals surface area contributed by atoms with E-state index in [1.165, 1.54) is 12.8 Å². The summed E-state index contributed by atoms with van der Waals surface area (Å²) in [6, 6.07) is 0.387. The van der Waals surface area contributed by atoms with Gasteiger partial charge in [-0.1, -0.05) is 0 Å². The zero-order valence-electron chi connectivity index (χ0n) is 4.84. The molecular weight excluding hydrogens is 102 g/mol. The Labute approximate surface area is 49.0 Å². The third kappa shape index (κ3) is 0.501. The molecule has 3 atom stereocenters. The Morgan fingerprint density at radius 1 is 1.50 bits per heavy atom. The molecule has 0 spiro atoms. The van der Waals surface area contributed by atoms with E-state index >= 15 is 0 Å². The van der Waals surface area contributed by atoms with Crippen LogP contribution in [0.1, 0.15) is 12.8 Å². The van der Waals surface area contributed by atoms with E-state index < -0.39 is 0 Å². The maximum atomic E-state index is 5.65. The first-order chi connectivity index (χ1) is 3.89. The molecule has 2 nitrogen and oxygen atoms in total. The summed E-state index contributed by atoms with van der Waals surface area (Å²) in [4.78, 5) is 0. The van der Waals surface area contributed by atoms with Gasteiger partial charge in [0, 0.05) is 18.6 Å². The molecule has 1 unspecified atom stereocenters. The lowest BCUT2D eigenvalue weighted by Gasteiger charge is -2.06. The van der Waals surface area contributed by atoms with Gasteiger partial charge in [0.1, 0.15) is 0 Å². The van der Waals surface area contributed by atoms with E-state index in [2.05, 4.69) is 0 Å². The molecular formula is C6H11NO. The minimum atomic E-state index is 0.387. The highest BCUT2D eigenvalue weighted by Gasteiger charge is 2.49. The van der Waals surface area contributed by atoms with Crippen molar-refractivity contribution in [1.82, 2.24) is 0 Å². The van der Waals surface area contributed by atoms with Gasteiger partial charge in [-0.15, -0.1) is 0 Å². The molecule has 0 bridgehead atoms. The molecule has 1 saturated carbocycles. The molecule has 1 saturated heterocycles. The van der Waals surface area contributed by atoms with E-state index in [0.717, 1.165) is 12.5 Å². The summed E-state index contributed by atoms with van der Waals surface area (Å²) in [5.74, 6) is 0.726. The number of fused-ring (bicyclic) bond motifs is 1. The Morgan fingerprint density at radius 2 is 2.38 bits per heavy atom. The molecule has 0 radical (unpaired) electrons. The van der Waals surface area contributed by atoms with Gasteiger partial charge in [-0.05, 0) is 12.8 Å². The average Bonchev–Trinajstić information content (AvgIpc) is 2.46. The van der Waals surface area contributed by atoms with E-state index in [4.69, 9.17) is 10.5 Å². The standard InChI is InChI=1S/C6H11NO/c7-5-4-2-1-3-8-6(4)5/h4-6H,1-3,7H2/t4-,5?,6-/m1/s1. The number of nitrogens with two attached hydrogens (primary N) is 1. The van der Waals surface area contributed by atoms with Crippen molar-refractivity contribution in [2.24, 2.45) is 11.7 Å². The molecule has 1 heterocycles. The van der Waals surface area contributed by atoms with Crippen LogP contribution in [-0.4, -0.2) is 18.8 Å². The smallest absolute Gasteiger partial charge is 0.0773 e. The maximum absolute atomic E-state index is 5.65. The third-order valence-corrected chi connectivity index (χ3v) is 2.15. The minimum absolute atomic E-state index is 0.387. The molecule has 46 valence electrons. The zero-order valence-corrected chi connectivity index (χ0v) is 4.84. The highest BCUT2D eigenvalue weighted by molar-refractivity contribution is 5.04. The molecule has 1 aliphatic carbocycles. The lowest BCUT2D eigenvalue weighted by molar-refractivity contribution is 0.0783. The Kier molecular flexibility index (Phi) is 0.866. The summed E-state index contributed by atoms with van der Waals surface area (Å²) < 4.78 is 5.34. The minimum Gasteiger partial charge on any atom is -0.376 e. The molecule has 8 heavy (non-hydrogen) atoms. The van der Waals surface area contributed by atoms with Gasteiger partial charge >= 0.3 is 0 Å². The van der Waals surface area contributed by atoms with E-state index in [1.54, 1.807) is 0 Å². The Balaban J connectivity index is 1.97. The predicted octanol–water partition coefficient (Wildman–Crippen LogP) is 0.122. The summed E-state index contributed by atoms with van der Waals surface area (Å²) in [5.41, 5.74) is 5.65. The molecule has 0 aromatic heterocycles. The van der Waals surface area contributed by atoms with Gasteiger partial charge in [0.15, 0.2) is 0 Å². The fourth-order valence-corrected chi connectivity index (χ4v) is 1.50. The first kappa shape index (κ1) is 4.77. The van der Waals surface area contributed by atoms with E-state index in [0.29, 0.717) is 12.1 Å². The second kappa shape index (κ2) is 1.45. The normalized spacial score (nSPS) is 52.9. The Morgan fingerprint density at radius 3 is 2.88 bits per heavy atom. The number of hydrogen-bond donors (Lipinski definition) is 1. The van der Waals surface area contributed by atoms with Gasteiger partial charge in [-0.3, -0.25) is 0 Å². The van der Waals surface area contributed by atoms with Crippen LogP contribution in [0.3, 0.4) is 0 Å². The predicted molar refractivity (Wildman–Crippen MR) is 30.4 cm³/mol. The molecule has 2 fully saturated rings. The van der Waals surface area contributed by atoms with Crippen molar-refractivity contribution in [3.05, 3.63) is 0 Å². The molecule has 1 aliphatic heterocycles. The lowest BCUT2D eigenvalue weighted by Crippen LogP contribution is -2.08. The largest absolute Gasteiger partial charge is 0.376 e. The van der Waals surface area contributed by atoms with Gasteiger partial charge in [-0.25, -0.2) is 0 Å². The SMILES string of the molecule is NC1[C@H]2CCCO[C@@H]12. The van der Waals surface area contributed by atoms with Crippen molar-refractivity contribution in [2.45, 2.75) is 25.0 Å². The number of ether oxygens (including phenoxy) is 1. The van der Waals surface area contributed by atoms with Gasteiger partial charge < -0.3 is 10.5 Å². The van der Waals surface area contributed by atoms with Crippen LogP contribution in [0.25, 0.3) is 0 Å². The molecule has 2 N–H and O–H groups in total. The van der Waals surface area contributed by atoms with Crippen molar-refractivity contribution >= 4 is 0 Å².